The molecule has 1 saturated heterocycles. The molecule has 2 heterocycles. The lowest BCUT2D eigenvalue weighted by Gasteiger charge is -2.24. The van der Waals surface area contributed by atoms with Crippen LogP contribution in [0, 0.1) is 0 Å². The molecule has 9 heteroatoms. The first-order chi connectivity index (χ1) is 10.9. The van der Waals surface area contributed by atoms with Crippen LogP contribution < -0.4 is 5.32 Å². The van der Waals surface area contributed by atoms with Gasteiger partial charge in [0.1, 0.15) is 16.3 Å². The van der Waals surface area contributed by atoms with Crippen molar-refractivity contribution in [1.82, 2.24) is 9.62 Å². The fourth-order valence-electron chi connectivity index (χ4n) is 2.63. The normalized spacial score (nSPS) is 20.3. The predicted molar refractivity (Wildman–Crippen MR) is 85.7 cm³/mol. The monoisotopic (exact) mass is 360 g/mol. The van der Waals surface area contributed by atoms with Gasteiger partial charge < -0.3 is 10.4 Å². The van der Waals surface area contributed by atoms with E-state index in [0.29, 0.717) is 25.7 Å². The van der Waals surface area contributed by atoms with E-state index in [0.717, 1.165) is 11.3 Å². The van der Waals surface area contributed by atoms with E-state index >= 15 is 0 Å². The molecule has 1 aliphatic rings. The average molecular weight is 360 g/mol. The van der Waals surface area contributed by atoms with Crippen LogP contribution in [-0.4, -0.2) is 48.3 Å². The number of hydrogen-bond acceptors (Lipinski definition) is 5. The molecule has 1 aliphatic heterocycles. The molecule has 0 spiro atoms. The van der Waals surface area contributed by atoms with Crippen molar-refractivity contribution in [2.75, 3.05) is 6.54 Å². The highest BCUT2D eigenvalue weighted by atomic mass is 32.2. The Morgan fingerprint density at radius 2 is 2.26 bits per heavy atom. The second-order valence-corrected chi connectivity index (χ2v) is 8.46. The third-order valence-electron chi connectivity index (χ3n) is 3.76. The van der Waals surface area contributed by atoms with Gasteiger partial charge in [0.15, 0.2) is 0 Å². The van der Waals surface area contributed by atoms with Crippen molar-refractivity contribution in [2.45, 2.75) is 48.9 Å². The van der Waals surface area contributed by atoms with Crippen molar-refractivity contribution in [3.05, 3.63) is 17.5 Å². The van der Waals surface area contributed by atoms with Crippen LogP contribution in [0.25, 0.3) is 0 Å². The molecule has 1 fully saturated rings. The Bertz CT molecular complexity index is 657. The number of hydrogen-bond donors (Lipinski definition) is 2. The minimum Gasteiger partial charge on any atom is -0.480 e. The van der Waals surface area contributed by atoms with Crippen molar-refractivity contribution in [3.63, 3.8) is 0 Å². The van der Waals surface area contributed by atoms with Crippen LogP contribution in [0.1, 0.15) is 32.6 Å². The highest BCUT2D eigenvalue weighted by Gasteiger charge is 2.40. The van der Waals surface area contributed by atoms with Crippen molar-refractivity contribution < 1.29 is 23.1 Å². The number of carbonyl (C=O) groups is 2. The Kier molecular flexibility index (Phi) is 5.77. The Morgan fingerprint density at radius 3 is 2.83 bits per heavy atom. The molecule has 0 bridgehead atoms. The van der Waals surface area contributed by atoms with Gasteiger partial charge in [-0.05, 0) is 30.7 Å². The summed E-state index contributed by atoms with van der Waals surface area (Å²) in [4.78, 5) is 23.5. The van der Waals surface area contributed by atoms with Crippen molar-refractivity contribution in [2.24, 2.45) is 0 Å². The number of thiophene rings is 1. The van der Waals surface area contributed by atoms with Crippen LogP contribution in [0.3, 0.4) is 0 Å². The first-order valence-corrected chi connectivity index (χ1v) is 9.78. The summed E-state index contributed by atoms with van der Waals surface area (Å²) in [6, 6.07) is 1.31. The molecule has 128 valence electrons. The lowest BCUT2D eigenvalue weighted by molar-refractivity contribution is -0.142. The highest BCUT2D eigenvalue weighted by Crippen LogP contribution is 2.28. The fraction of sp³-hybridized carbons (Fsp3) is 0.571. The van der Waals surface area contributed by atoms with E-state index < -0.39 is 34.0 Å². The summed E-state index contributed by atoms with van der Waals surface area (Å²) in [5, 5.41) is 13.3. The summed E-state index contributed by atoms with van der Waals surface area (Å²) in [6.45, 7) is 2.09. The maximum absolute atomic E-state index is 12.6. The van der Waals surface area contributed by atoms with E-state index in [1.807, 2.05) is 6.92 Å². The van der Waals surface area contributed by atoms with Gasteiger partial charge in [0.25, 0.3) is 10.0 Å². The van der Waals surface area contributed by atoms with E-state index in [4.69, 9.17) is 5.11 Å². The maximum Gasteiger partial charge on any atom is 0.326 e. The standard InChI is InChI=1S/C14H20N2O5S2/c1-2-5-10(14(18)19)15-13(17)11-6-3-8-16(11)23(20,21)12-7-4-9-22-12/h4,7,9-11H,2-3,5-6,8H2,1H3,(H,15,17)(H,18,19). The molecule has 0 saturated carbocycles. The molecule has 23 heavy (non-hydrogen) atoms. The van der Waals surface area contributed by atoms with E-state index in [1.54, 1.807) is 11.4 Å². The number of amides is 1. The summed E-state index contributed by atoms with van der Waals surface area (Å²) in [6.07, 6.45) is 1.90. The topological polar surface area (TPSA) is 104 Å². The van der Waals surface area contributed by atoms with E-state index in [-0.39, 0.29) is 10.8 Å². The zero-order valence-electron chi connectivity index (χ0n) is 12.8. The Morgan fingerprint density at radius 1 is 1.52 bits per heavy atom. The lowest BCUT2D eigenvalue weighted by atomic mass is 10.1. The molecule has 2 rings (SSSR count). The smallest absolute Gasteiger partial charge is 0.326 e. The molecule has 0 aliphatic carbocycles. The van der Waals surface area contributed by atoms with Gasteiger partial charge in [0.2, 0.25) is 5.91 Å². The molecule has 7 nitrogen and oxygen atoms in total. The number of rotatable bonds is 7. The minimum atomic E-state index is -3.71. The highest BCUT2D eigenvalue weighted by molar-refractivity contribution is 7.91. The van der Waals surface area contributed by atoms with Crippen LogP contribution in [0.15, 0.2) is 21.7 Å². The maximum atomic E-state index is 12.6. The largest absolute Gasteiger partial charge is 0.480 e. The number of nitrogens with zero attached hydrogens (tertiary/aromatic N) is 1. The van der Waals surface area contributed by atoms with Crippen LogP contribution >= 0.6 is 11.3 Å². The lowest BCUT2D eigenvalue weighted by Crippen LogP contribution is -2.50. The quantitative estimate of drug-likeness (QED) is 0.762. The second-order valence-electron chi connectivity index (χ2n) is 5.39. The number of aliphatic carboxylic acids is 1. The van der Waals surface area contributed by atoms with E-state index in [1.165, 1.54) is 10.4 Å². The molecular weight excluding hydrogens is 340 g/mol. The number of carboxylic acids is 1. The summed E-state index contributed by atoms with van der Waals surface area (Å²) >= 11 is 1.10. The van der Waals surface area contributed by atoms with Crippen molar-refractivity contribution >= 4 is 33.2 Å². The van der Waals surface area contributed by atoms with Crippen LogP contribution in [0.4, 0.5) is 0 Å². The first kappa shape index (κ1) is 17.9. The van der Waals surface area contributed by atoms with E-state index in [2.05, 4.69) is 5.32 Å². The summed E-state index contributed by atoms with van der Waals surface area (Å²) in [5.74, 6) is -1.64. The fourth-order valence-corrected chi connectivity index (χ4v) is 5.41. The van der Waals surface area contributed by atoms with Gasteiger partial charge in [-0.1, -0.05) is 19.4 Å². The van der Waals surface area contributed by atoms with Gasteiger partial charge in [-0.3, -0.25) is 4.79 Å². The average Bonchev–Trinajstić information content (AvgIpc) is 3.18. The predicted octanol–water partition coefficient (Wildman–Crippen LogP) is 1.27. The number of carboxylic acid groups (broad SMARTS) is 1. The Labute approximate surface area is 139 Å². The van der Waals surface area contributed by atoms with Crippen LogP contribution in [0.2, 0.25) is 0 Å². The van der Waals surface area contributed by atoms with Gasteiger partial charge in [-0.25, -0.2) is 13.2 Å². The van der Waals surface area contributed by atoms with Gasteiger partial charge in [0, 0.05) is 6.54 Å². The third-order valence-corrected chi connectivity index (χ3v) is 7.04. The van der Waals surface area contributed by atoms with Crippen molar-refractivity contribution in [3.8, 4) is 0 Å². The summed E-state index contributed by atoms with van der Waals surface area (Å²) in [5.41, 5.74) is 0. The molecule has 1 aromatic heterocycles. The van der Waals surface area contributed by atoms with E-state index in [9.17, 15) is 18.0 Å². The molecule has 2 unspecified atom stereocenters. The zero-order chi connectivity index (χ0) is 17.0. The molecular formula is C14H20N2O5S2. The summed E-state index contributed by atoms with van der Waals surface area (Å²) < 4.78 is 26.6. The SMILES string of the molecule is CCCC(NC(=O)C1CCCN1S(=O)(=O)c1cccs1)C(=O)O. The molecule has 1 amide bonds. The summed E-state index contributed by atoms with van der Waals surface area (Å²) in [7, 11) is -3.71. The number of carbonyl (C=O) groups excluding carboxylic acids is 1. The first-order valence-electron chi connectivity index (χ1n) is 7.46. The van der Waals surface area contributed by atoms with Crippen molar-refractivity contribution in [1.29, 1.82) is 0 Å². The van der Waals surface area contributed by atoms with Gasteiger partial charge in [-0.2, -0.15) is 4.31 Å². The second kappa shape index (κ2) is 7.41. The molecule has 0 aromatic carbocycles. The van der Waals surface area contributed by atoms with Gasteiger partial charge >= 0.3 is 5.97 Å². The number of nitrogens with one attached hydrogen (secondary N) is 1. The third kappa shape index (κ3) is 3.91. The minimum absolute atomic E-state index is 0.195. The molecule has 2 atom stereocenters. The zero-order valence-corrected chi connectivity index (χ0v) is 14.4. The molecule has 1 aromatic rings. The molecule has 0 radical (unpaired) electrons. The van der Waals surface area contributed by atoms with Crippen LogP contribution in [-0.2, 0) is 19.6 Å². The van der Waals surface area contributed by atoms with Gasteiger partial charge in [-0.15, -0.1) is 11.3 Å². The Balaban J connectivity index is 2.15. The molecule has 2 N–H and O–H groups in total. The Hall–Kier alpha value is -1.45. The van der Waals surface area contributed by atoms with Crippen LogP contribution in [0.5, 0.6) is 0 Å². The number of sulfonamides is 1. The van der Waals surface area contributed by atoms with Gasteiger partial charge in [0.05, 0.1) is 0 Å².